The van der Waals surface area contributed by atoms with Crippen molar-refractivity contribution in [3.8, 4) is 0 Å². The second-order valence-electron chi connectivity index (χ2n) is 5.30. The highest BCUT2D eigenvalue weighted by Crippen LogP contribution is 2.38. The fourth-order valence-corrected chi connectivity index (χ4v) is 2.73. The maximum Gasteiger partial charge on any atom is 0.220 e. The summed E-state index contributed by atoms with van der Waals surface area (Å²) < 4.78 is 0. The van der Waals surface area contributed by atoms with Gasteiger partial charge in [0, 0.05) is 12.6 Å². The molecule has 0 atom stereocenters. The van der Waals surface area contributed by atoms with E-state index in [4.69, 9.17) is 5.73 Å². The predicted octanol–water partition coefficient (Wildman–Crippen LogP) is 1.33. The van der Waals surface area contributed by atoms with Gasteiger partial charge >= 0.3 is 0 Å². The van der Waals surface area contributed by atoms with Gasteiger partial charge in [0.1, 0.15) is 0 Å². The van der Waals surface area contributed by atoms with E-state index < -0.39 is 0 Å². The molecule has 100 valence electrons. The van der Waals surface area contributed by atoms with Crippen molar-refractivity contribution in [2.24, 2.45) is 11.1 Å². The lowest BCUT2D eigenvalue weighted by atomic mass is 9.71. The number of hydrogen-bond donors (Lipinski definition) is 3. The Bertz CT molecular complexity index is 368. The number of nitrogens with zero attached hydrogens (tertiary/aromatic N) is 1. The van der Waals surface area contributed by atoms with Gasteiger partial charge in [0.25, 0.3) is 0 Å². The first-order chi connectivity index (χ1) is 8.74. The van der Waals surface area contributed by atoms with E-state index >= 15 is 0 Å². The summed E-state index contributed by atoms with van der Waals surface area (Å²) in [6, 6.07) is 1.86. The Morgan fingerprint density at radius 1 is 1.44 bits per heavy atom. The standard InChI is InChI=1S/C13H22N4O/c14-10-13(5-2-1-3-6-13)8-12(18)15-9-11-4-7-16-17-11/h4,7H,1-3,5-6,8-10,14H2,(H,15,18)(H,16,17). The molecule has 0 saturated heterocycles. The van der Waals surface area contributed by atoms with Crippen molar-refractivity contribution in [2.75, 3.05) is 6.54 Å². The highest BCUT2D eigenvalue weighted by atomic mass is 16.1. The minimum atomic E-state index is 0.0380. The zero-order valence-corrected chi connectivity index (χ0v) is 10.7. The van der Waals surface area contributed by atoms with Crippen molar-refractivity contribution < 1.29 is 4.79 Å². The van der Waals surface area contributed by atoms with Gasteiger partial charge in [-0.3, -0.25) is 9.89 Å². The van der Waals surface area contributed by atoms with Crippen LogP contribution in [0.1, 0.15) is 44.2 Å². The number of nitrogens with two attached hydrogens (primary N) is 1. The van der Waals surface area contributed by atoms with Gasteiger partial charge in [0.05, 0.1) is 12.2 Å². The molecular formula is C13H22N4O. The second-order valence-corrected chi connectivity index (χ2v) is 5.30. The Morgan fingerprint density at radius 2 is 2.22 bits per heavy atom. The van der Waals surface area contributed by atoms with Crippen LogP contribution in [0.2, 0.25) is 0 Å². The zero-order chi connectivity index (χ0) is 12.8. The maximum absolute atomic E-state index is 12.0. The Morgan fingerprint density at radius 3 is 2.83 bits per heavy atom. The maximum atomic E-state index is 12.0. The largest absolute Gasteiger partial charge is 0.350 e. The van der Waals surface area contributed by atoms with Crippen LogP contribution in [0.5, 0.6) is 0 Å². The third kappa shape index (κ3) is 3.32. The summed E-state index contributed by atoms with van der Waals surface area (Å²) in [7, 11) is 0. The van der Waals surface area contributed by atoms with Gasteiger partial charge in [-0.05, 0) is 30.9 Å². The second kappa shape index (κ2) is 6.00. The van der Waals surface area contributed by atoms with Crippen molar-refractivity contribution in [1.29, 1.82) is 0 Å². The van der Waals surface area contributed by atoms with Crippen LogP contribution in [0.15, 0.2) is 12.3 Å². The smallest absolute Gasteiger partial charge is 0.220 e. The molecule has 1 saturated carbocycles. The Kier molecular flexibility index (Phi) is 4.36. The molecule has 2 rings (SSSR count). The van der Waals surface area contributed by atoms with E-state index in [-0.39, 0.29) is 11.3 Å². The number of rotatable bonds is 5. The van der Waals surface area contributed by atoms with Gasteiger partial charge in [-0.1, -0.05) is 19.3 Å². The van der Waals surface area contributed by atoms with Crippen LogP contribution in [0.25, 0.3) is 0 Å². The van der Waals surface area contributed by atoms with Crippen molar-refractivity contribution >= 4 is 5.91 Å². The topological polar surface area (TPSA) is 83.8 Å². The summed E-state index contributed by atoms with van der Waals surface area (Å²) in [5.41, 5.74) is 6.84. The van der Waals surface area contributed by atoms with Crippen LogP contribution in [0.3, 0.4) is 0 Å². The third-order valence-corrected chi connectivity index (χ3v) is 3.92. The summed E-state index contributed by atoms with van der Waals surface area (Å²) >= 11 is 0. The zero-order valence-electron chi connectivity index (χ0n) is 10.7. The first-order valence-electron chi connectivity index (χ1n) is 6.69. The molecule has 18 heavy (non-hydrogen) atoms. The molecule has 0 aromatic carbocycles. The SMILES string of the molecule is NCC1(CC(=O)NCc2ccn[nH]2)CCCCC1. The molecule has 0 unspecified atom stereocenters. The highest BCUT2D eigenvalue weighted by Gasteiger charge is 2.32. The van der Waals surface area contributed by atoms with Gasteiger partial charge in [-0.15, -0.1) is 0 Å². The summed E-state index contributed by atoms with van der Waals surface area (Å²) in [6.45, 7) is 1.13. The van der Waals surface area contributed by atoms with Crippen LogP contribution in [-0.2, 0) is 11.3 Å². The Balaban J connectivity index is 1.81. The average Bonchev–Trinajstić information content (AvgIpc) is 2.91. The van der Waals surface area contributed by atoms with Crippen LogP contribution in [-0.4, -0.2) is 22.6 Å². The number of nitrogens with one attached hydrogen (secondary N) is 2. The van der Waals surface area contributed by atoms with Crippen LogP contribution < -0.4 is 11.1 Å². The van der Waals surface area contributed by atoms with E-state index in [9.17, 15) is 4.79 Å². The van der Waals surface area contributed by atoms with E-state index in [2.05, 4.69) is 15.5 Å². The first-order valence-corrected chi connectivity index (χ1v) is 6.69. The minimum absolute atomic E-state index is 0.0380. The quantitative estimate of drug-likeness (QED) is 0.737. The predicted molar refractivity (Wildman–Crippen MR) is 69.6 cm³/mol. The lowest BCUT2D eigenvalue weighted by Crippen LogP contribution is -2.38. The van der Waals surface area contributed by atoms with Gasteiger partial charge in [0.15, 0.2) is 0 Å². The number of amides is 1. The number of H-pyrrole nitrogens is 1. The summed E-state index contributed by atoms with van der Waals surface area (Å²) in [4.78, 5) is 12.0. The van der Waals surface area contributed by atoms with Crippen molar-refractivity contribution in [1.82, 2.24) is 15.5 Å². The van der Waals surface area contributed by atoms with Crippen LogP contribution in [0.4, 0.5) is 0 Å². The minimum Gasteiger partial charge on any atom is -0.350 e. The van der Waals surface area contributed by atoms with E-state index in [1.807, 2.05) is 6.07 Å². The highest BCUT2D eigenvalue weighted by molar-refractivity contribution is 5.76. The molecule has 5 heteroatoms. The Hall–Kier alpha value is -1.36. The molecule has 1 aromatic heterocycles. The van der Waals surface area contributed by atoms with E-state index in [1.165, 1.54) is 19.3 Å². The van der Waals surface area contributed by atoms with Crippen molar-refractivity contribution in [3.63, 3.8) is 0 Å². The molecule has 1 amide bonds. The molecule has 5 nitrogen and oxygen atoms in total. The molecule has 0 radical (unpaired) electrons. The lowest BCUT2D eigenvalue weighted by Gasteiger charge is -2.35. The van der Waals surface area contributed by atoms with Gasteiger partial charge in [-0.25, -0.2) is 0 Å². The molecule has 1 heterocycles. The third-order valence-electron chi connectivity index (χ3n) is 3.92. The Labute approximate surface area is 108 Å². The van der Waals surface area contributed by atoms with Crippen molar-refractivity contribution in [3.05, 3.63) is 18.0 Å². The normalized spacial score (nSPS) is 18.5. The van der Waals surface area contributed by atoms with E-state index in [1.54, 1.807) is 6.20 Å². The fraction of sp³-hybridized carbons (Fsp3) is 0.692. The summed E-state index contributed by atoms with van der Waals surface area (Å²) in [6.07, 6.45) is 8.08. The average molecular weight is 250 g/mol. The van der Waals surface area contributed by atoms with Gasteiger partial charge in [-0.2, -0.15) is 5.10 Å². The molecule has 1 aromatic rings. The molecule has 1 fully saturated rings. The number of hydrogen-bond acceptors (Lipinski definition) is 3. The molecular weight excluding hydrogens is 228 g/mol. The van der Waals surface area contributed by atoms with Gasteiger partial charge < -0.3 is 11.1 Å². The number of aromatic amines is 1. The molecule has 1 aliphatic carbocycles. The lowest BCUT2D eigenvalue weighted by molar-refractivity contribution is -0.124. The van der Waals surface area contributed by atoms with Gasteiger partial charge in [0.2, 0.25) is 5.91 Å². The molecule has 0 bridgehead atoms. The summed E-state index contributed by atoms with van der Waals surface area (Å²) in [5, 5.41) is 9.61. The van der Waals surface area contributed by atoms with Crippen LogP contribution >= 0.6 is 0 Å². The number of carbonyl (C=O) groups is 1. The molecule has 0 aliphatic heterocycles. The monoisotopic (exact) mass is 250 g/mol. The fourth-order valence-electron chi connectivity index (χ4n) is 2.73. The molecule has 4 N–H and O–H groups in total. The van der Waals surface area contributed by atoms with Crippen LogP contribution in [0, 0.1) is 5.41 Å². The molecule has 1 aliphatic rings. The van der Waals surface area contributed by atoms with E-state index in [0.717, 1.165) is 18.5 Å². The first kappa shape index (κ1) is 13.1. The molecule has 0 spiro atoms. The number of carbonyl (C=O) groups excluding carboxylic acids is 1. The van der Waals surface area contributed by atoms with E-state index in [0.29, 0.717) is 19.5 Å². The summed E-state index contributed by atoms with van der Waals surface area (Å²) in [5.74, 6) is 0.0944. The van der Waals surface area contributed by atoms with Crippen molar-refractivity contribution in [2.45, 2.75) is 45.1 Å². The number of aromatic nitrogens is 2.